The van der Waals surface area contributed by atoms with Gasteiger partial charge in [0.15, 0.2) is 0 Å². The lowest BCUT2D eigenvalue weighted by atomic mass is 9.96. The number of rotatable bonds is 3. The minimum absolute atomic E-state index is 0.0917. The maximum absolute atomic E-state index is 14.4. The molecule has 1 saturated heterocycles. The van der Waals surface area contributed by atoms with Crippen molar-refractivity contribution in [3.63, 3.8) is 0 Å². The molecular formula is C25H21ClF4N4. The quantitative estimate of drug-likeness (QED) is 0.352. The van der Waals surface area contributed by atoms with Crippen LogP contribution in [0.4, 0.5) is 23.2 Å². The Labute approximate surface area is 198 Å². The van der Waals surface area contributed by atoms with E-state index in [1.807, 2.05) is 24.3 Å². The van der Waals surface area contributed by atoms with Gasteiger partial charge in [0, 0.05) is 56.1 Å². The number of anilines is 1. The van der Waals surface area contributed by atoms with Crippen LogP contribution in [0, 0.1) is 5.82 Å². The molecule has 34 heavy (non-hydrogen) atoms. The Kier molecular flexibility index (Phi) is 5.73. The number of halogens is 5. The lowest BCUT2D eigenvalue weighted by Crippen LogP contribution is -2.43. The maximum atomic E-state index is 14.4. The predicted octanol–water partition coefficient (Wildman–Crippen LogP) is 6.13. The molecule has 4 aromatic rings. The van der Waals surface area contributed by atoms with Crippen molar-refractivity contribution >= 4 is 28.3 Å². The smallest absolute Gasteiger partial charge is 0.369 e. The van der Waals surface area contributed by atoms with E-state index in [9.17, 15) is 17.6 Å². The third-order valence-electron chi connectivity index (χ3n) is 6.16. The van der Waals surface area contributed by atoms with Crippen molar-refractivity contribution in [2.24, 2.45) is 7.05 Å². The van der Waals surface area contributed by atoms with Gasteiger partial charge in [0.1, 0.15) is 11.5 Å². The zero-order chi connectivity index (χ0) is 24.0. The fourth-order valence-electron chi connectivity index (χ4n) is 4.58. The van der Waals surface area contributed by atoms with Gasteiger partial charge in [-0.3, -0.25) is 0 Å². The van der Waals surface area contributed by atoms with Gasteiger partial charge >= 0.3 is 6.18 Å². The Hall–Kier alpha value is -3.10. The highest BCUT2D eigenvalue weighted by molar-refractivity contribution is 6.37. The molecule has 0 atom stereocenters. The first-order chi connectivity index (χ1) is 16.2. The summed E-state index contributed by atoms with van der Waals surface area (Å²) in [6.07, 6.45) is -3.15. The van der Waals surface area contributed by atoms with Crippen LogP contribution in [-0.4, -0.2) is 35.7 Å². The summed E-state index contributed by atoms with van der Waals surface area (Å²) >= 11 is 6.50. The third-order valence-corrected chi connectivity index (χ3v) is 6.47. The van der Waals surface area contributed by atoms with Crippen molar-refractivity contribution in [1.29, 1.82) is 0 Å². The minimum atomic E-state index is -4.69. The van der Waals surface area contributed by atoms with E-state index in [4.69, 9.17) is 11.6 Å². The fourth-order valence-corrected chi connectivity index (χ4v) is 4.81. The van der Waals surface area contributed by atoms with Crippen molar-refractivity contribution < 1.29 is 17.6 Å². The molecule has 0 saturated carbocycles. The molecule has 0 unspecified atom stereocenters. The lowest BCUT2D eigenvalue weighted by Gasteiger charge is -2.29. The molecule has 0 aliphatic carbocycles. The molecule has 2 aromatic carbocycles. The molecule has 0 bridgehead atoms. The summed E-state index contributed by atoms with van der Waals surface area (Å²) in [6.45, 7) is 3.59. The number of hydrogen-bond donors (Lipinski definition) is 1. The molecule has 0 radical (unpaired) electrons. The third kappa shape index (κ3) is 4.01. The molecule has 0 spiro atoms. The summed E-state index contributed by atoms with van der Waals surface area (Å²) in [5, 5.41) is 4.13. The van der Waals surface area contributed by atoms with Crippen LogP contribution in [-0.2, 0) is 13.2 Å². The second kappa shape index (κ2) is 8.60. The van der Waals surface area contributed by atoms with Crippen LogP contribution in [0.3, 0.4) is 0 Å². The van der Waals surface area contributed by atoms with Gasteiger partial charge in [0.25, 0.3) is 0 Å². The summed E-state index contributed by atoms with van der Waals surface area (Å²) < 4.78 is 56.6. The molecule has 0 amide bonds. The molecule has 1 aliphatic heterocycles. The first-order valence-corrected chi connectivity index (χ1v) is 11.2. The normalized spacial score (nSPS) is 14.7. The Morgan fingerprint density at radius 1 is 0.971 bits per heavy atom. The van der Waals surface area contributed by atoms with E-state index < -0.39 is 17.6 Å². The van der Waals surface area contributed by atoms with Crippen molar-refractivity contribution in [1.82, 2.24) is 14.9 Å². The number of hydrogen-bond acceptors (Lipinski definition) is 3. The number of nitrogens with one attached hydrogen (secondary N) is 1. The molecule has 5 rings (SSSR count). The zero-order valence-corrected chi connectivity index (χ0v) is 19.0. The molecular weight excluding hydrogens is 468 g/mol. The number of aryl methyl sites for hydroxylation is 1. The van der Waals surface area contributed by atoms with Crippen LogP contribution in [0.1, 0.15) is 5.56 Å². The van der Waals surface area contributed by atoms with E-state index in [1.165, 1.54) is 0 Å². The summed E-state index contributed by atoms with van der Waals surface area (Å²) in [5.41, 5.74) is 2.39. The van der Waals surface area contributed by atoms with Crippen LogP contribution < -0.4 is 10.2 Å². The summed E-state index contributed by atoms with van der Waals surface area (Å²) in [7, 11) is 1.78. The van der Waals surface area contributed by atoms with Crippen molar-refractivity contribution in [2.45, 2.75) is 6.18 Å². The molecule has 9 heteroatoms. The maximum Gasteiger partial charge on any atom is 0.416 e. The number of nitrogens with zero attached hydrogens (tertiary/aromatic N) is 3. The highest BCUT2D eigenvalue weighted by Gasteiger charge is 2.32. The number of fused-ring (bicyclic) bond motifs is 1. The van der Waals surface area contributed by atoms with Crippen molar-refractivity contribution in [3.8, 4) is 22.4 Å². The molecule has 2 aromatic heterocycles. The molecule has 1 N–H and O–H groups in total. The Morgan fingerprint density at radius 2 is 1.68 bits per heavy atom. The average molecular weight is 489 g/mol. The predicted molar refractivity (Wildman–Crippen MR) is 127 cm³/mol. The summed E-state index contributed by atoms with van der Waals surface area (Å²) in [4.78, 5) is 6.67. The molecule has 3 heterocycles. The van der Waals surface area contributed by atoms with Gasteiger partial charge in [0.05, 0.1) is 16.3 Å². The molecule has 176 valence electrons. The van der Waals surface area contributed by atoms with Gasteiger partial charge in [-0.25, -0.2) is 9.37 Å². The first kappa shape index (κ1) is 22.7. The van der Waals surface area contributed by atoms with E-state index in [2.05, 4.69) is 15.2 Å². The minimum Gasteiger partial charge on any atom is -0.369 e. The van der Waals surface area contributed by atoms with Crippen LogP contribution >= 0.6 is 11.6 Å². The van der Waals surface area contributed by atoms with E-state index in [-0.39, 0.29) is 5.56 Å². The van der Waals surface area contributed by atoms with Gasteiger partial charge in [-0.1, -0.05) is 23.7 Å². The van der Waals surface area contributed by atoms with Gasteiger partial charge in [0.2, 0.25) is 0 Å². The summed E-state index contributed by atoms with van der Waals surface area (Å²) in [6, 6.07) is 12.0. The van der Waals surface area contributed by atoms with Gasteiger partial charge in [-0.2, -0.15) is 13.2 Å². The number of alkyl halides is 3. The van der Waals surface area contributed by atoms with Crippen molar-refractivity contribution in [2.75, 3.05) is 31.1 Å². The lowest BCUT2D eigenvalue weighted by molar-refractivity contribution is -0.137. The number of pyridine rings is 1. The topological polar surface area (TPSA) is 33.1 Å². The second-order valence-corrected chi connectivity index (χ2v) is 8.69. The van der Waals surface area contributed by atoms with Crippen LogP contribution in [0.2, 0.25) is 5.02 Å². The molecule has 4 nitrogen and oxygen atoms in total. The Bertz CT molecular complexity index is 1360. The number of benzene rings is 2. The largest absolute Gasteiger partial charge is 0.416 e. The highest BCUT2D eigenvalue weighted by atomic mass is 35.5. The standard InChI is InChI=1S/C25H21ClF4N4/c1-33-23(15-2-4-19(5-3-15)34-10-8-31-9-11-34)21(22-20(26)6-7-32-24(22)33)16-12-17(25(28,29)30)14-18(27)13-16/h2-7,12-14,31H,8-11H2,1H3. The summed E-state index contributed by atoms with van der Waals surface area (Å²) in [5.74, 6) is -0.971. The van der Waals surface area contributed by atoms with Gasteiger partial charge < -0.3 is 14.8 Å². The zero-order valence-electron chi connectivity index (χ0n) is 18.3. The number of aromatic nitrogens is 2. The van der Waals surface area contributed by atoms with Gasteiger partial charge in [-0.05, 0) is 47.5 Å². The van der Waals surface area contributed by atoms with Crippen molar-refractivity contribution in [3.05, 3.63) is 71.1 Å². The molecule has 1 aliphatic rings. The van der Waals surface area contributed by atoms with Crippen LogP contribution in [0.5, 0.6) is 0 Å². The monoisotopic (exact) mass is 488 g/mol. The molecule has 1 fully saturated rings. The van der Waals surface area contributed by atoms with E-state index in [1.54, 1.807) is 23.9 Å². The Balaban J connectivity index is 1.73. The highest BCUT2D eigenvalue weighted by Crippen LogP contribution is 2.44. The fraction of sp³-hybridized carbons (Fsp3) is 0.240. The van der Waals surface area contributed by atoms with E-state index in [0.29, 0.717) is 33.4 Å². The average Bonchev–Trinajstić information content (AvgIpc) is 3.12. The first-order valence-electron chi connectivity index (χ1n) is 10.8. The van der Waals surface area contributed by atoms with E-state index >= 15 is 0 Å². The Morgan fingerprint density at radius 3 is 2.35 bits per heavy atom. The van der Waals surface area contributed by atoms with Gasteiger partial charge in [-0.15, -0.1) is 0 Å². The second-order valence-electron chi connectivity index (χ2n) is 8.28. The number of piperazine rings is 1. The van der Waals surface area contributed by atoms with Crippen LogP contribution in [0.25, 0.3) is 33.4 Å². The SMILES string of the molecule is Cn1c(-c2ccc(N3CCNCC3)cc2)c(-c2cc(F)cc(C(F)(F)F)c2)c2c(Cl)ccnc21. The van der Waals surface area contributed by atoms with Crippen LogP contribution in [0.15, 0.2) is 54.7 Å². The van der Waals surface area contributed by atoms with E-state index in [0.717, 1.165) is 49.6 Å².